The fourth-order valence-corrected chi connectivity index (χ4v) is 8.12. The Bertz CT molecular complexity index is 1860. The molecule has 0 spiro atoms. The molecule has 0 aromatic heterocycles. The van der Waals surface area contributed by atoms with Crippen LogP contribution in [0, 0.1) is 0 Å². The molecule has 3 atom stereocenters. The molecule has 0 amide bonds. The van der Waals surface area contributed by atoms with Crippen molar-refractivity contribution in [2.45, 2.75) is 226 Å². The van der Waals surface area contributed by atoms with Crippen molar-refractivity contribution in [2.75, 3.05) is 26.4 Å². The Morgan fingerprint density at radius 1 is 0.359 bits per heavy atom. The van der Waals surface area contributed by atoms with Crippen LogP contribution >= 0.6 is 7.82 Å². The third-order valence-corrected chi connectivity index (χ3v) is 12.7. The van der Waals surface area contributed by atoms with Crippen LogP contribution in [-0.4, -0.2) is 66.5 Å². The maximum absolute atomic E-state index is 12.9. The molecule has 0 saturated heterocycles. The van der Waals surface area contributed by atoms with Crippen LogP contribution in [0.2, 0.25) is 0 Å². The molecule has 0 aliphatic carbocycles. The van der Waals surface area contributed by atoms with Crippen molar-refractivity contribution in [2.24, 2.45) is 0 Å². The van der Waals surface area contributed by atoms with E-state index in [4.69, 9.17) is 23.3 Å². The maximum atomic E-state index is 12.9. The molecule has 3 unspecified atom stereocenters. The summed E-state index contributed by atoms with van der Waals surface area (Å²) in [5.41, 5.74) is 0. The van der Waals surface area contributed by atoms with Crippen molar-refractivity contribution in [3.63, 3.8) is 0 Å². The minimum atomic E-state index is -4.79. The van der Waals surface area contributed by atoms with E-state index in [1.54, 1.807) is 0 Å². The van der Waals surface area contributed by atoms with E-state index in [1.165, 1.54) is 6.42 Å². The monoisotopic (exact) mass is 1100 g/mol. The first-order chi connectivity index (χ1) is 38.2. The van der Waals surface area contributed by atoms with Crippen LogP contribution in [0.5, 0.6) is 0 Å². The second kappa shape index (κ2) is 58.5. The highest BCUT2D eigenvalue weighted by Gasteiger charge is 2.28. The number of ether oxygens (including phenoxy) is 3. The zero-order valence-corrected chi connectivity index (χ0v) is 49.5. The van der Waals surface area contributed by atoms with Gasteiger partial charge in [-0.1, -0.05) is 212 Å². The number of phosphoric acid groups is 1. The van der Waals surface area contributed by atoms with Crippen LogP contribution in [-0.2, 0) is 42.2 Å². The average molecular weight is 1110 g/mol. The normalized spacial score (nSPS) is 14.4. The van der Waals surface area contributed by atoms with E-state index in [2.05, 4.69) is 154 Å². The highest BCUT2D eigenvalue weighted by molar-refractivity contribution is 7.47. The molecule has 440 valence electrons. The topological polar surface area (TPSA) is 155 Å². The standard InChI is InChI=1S/C66H105O11P/c1-4-7-10-13-16-19-22-25-28-31-34-37-40-43-46-49-52-55-64(68)73-59-63(77-66(70)57-54-51-48-45-42-39-36-33-30-27-24-21-18-15-12-9-6-3)61-75-78(71,72)74-60-62(58-67)76-65(69)56-53-50-47-44-41-38-35-32-29-26-23-20-17-14-11-8-5-2/h7-12,16-21,25-30,35-36,38-39,45,48,62-63,67H,4-6,13-15,22-24,31-34,37,40-44,46-47,49-61H2,1-3H3,(H,71,72)/b10-7-,11-8-,12-9-,19-16-,20-17-,21-18-,28-25-,29-26-,30-27-,38-35-,39-36-,48-45-. The molecule has 0 radical (unpaired) electrons. The van der Waals surface area contributed by atoms with Crippen molar-refractivity contribution in [1.82, 2.24) is 0 Å². The Balaban J connectivity index is 4.85. The van der Waals surface area contributed by atoms with Crippen LogP contribution in [0.4, 0.5) is 0 Å². The zero-order chi connectivity index (χ0) is 56.9. The second-order valence-electron chi connectivity index (χ2n) is 19.0. The lowest BCUT2D eigenvalue weighted by Gasteiger charge is -2.21. The molecule has 11 nitrogen and oxygen atoms in total. The van der Waals surface area contributed by atoms with E-state index in [-0.39, 0.29) is 25.9 Å². The molecule has 12 heteroatoms. The van der Waals surface area contributed by atoms with E-state index in [0.717, 1.165) is 141 Å². The summed E-state index contributed by atoms with van der Waals surface area (Å²) < 4.78 is 39.5. The van der Waals surface area contributed by atoms with Gasteiger partial charge < -0.3 is 24.2 Å². The van der Waals surface area contributed by atoms with Gasteiger partial charge in [-0.15, -0.1) is 0 Å². The Morgan fingerprint density at radius 2 is 0.641 bits per heavy atom. The molecule has 2 N–H and O–H groups in total. The summed E-state index contributed by atoms with van der Waals surface area (Å²) >= 11 is 0. The van der Waals surface area contributed by atoms with Gasteiger partial charge >= 0.3 is 25.7 Å². The first kappa shape index (κ1) is 73.4. The summed E-state index contributed by atoms with van der Waals surface area (Å²) in [6.07, 6.45) is 75.2. The Morgan fingerprint density at radius 3 is 1.01 bits per heavy atom. The summed E-state index contributed by atoms with van der Waals surface area (Å²) in [5.74, 6) is -1.59. The van der Waals surface area contributed by atoms with Crippen LogP contribution in [0.3, 0.4) is 0 Å². The van der Waals surface area contributed by atoms with Crippen LogP contribution < -0.4 is 0 Å². The van der Waals surface area contributed by atoms with Gasteiger partial charge in [-0.3, -0.25) is 23.4 Å². The van der Waals surface area contributed by atoms with Crippen molar-refractivity contribution in [1.29, 1.82) is 0 Å². The van der Waals surface area contributed by atoms with E-state index < -0.39 is 57.8 Å². The van der Waals surface area contributed by atoms with Gasteiger partial charge in [0.1, 0.15) is 12.7 Å². The summed E-state index contributed by atoms with van der Waals surface area (Å²) in [6.45, 7) is 4.19. The number of esters is 3. The number of hydrogen-bond acceptors (Lipinski definition) is 10. The van der Waals surface area contributed by atoms with E-state index >= 15 is 0 Å². The van der Waals surface area contributed by atoms with Crippen LogP contribution in [0.25, 0.3) is 0 Å². The second-order valence-corrected chi connectivity index (χ2v) is 20.5. The number of aliphatic hydroxyl groups is 1. The molecule has 0 saturated carbocycles. The fraction of sp³-hybridized carbons (Fsp3) is 0.591. The van der Waals surface area contributed by atoms with E-state index in [9.17, 15) is 28.9 Å². The zero-order valence-electron chi connectivity index (χ0n) is 48.6. The van der Waals surface area contributed by atoms with Gasteiger partial charge in [-0.25, -0.2) is 4.57 Å². The number of unbranched alkanes of at least 4 members (excludes halogenated alkanes) is 12. The lowest BCUT2D eigenvalue weighted by Crippen LogP contribution is -2.30. The number of carbonyl (C=O) groups is 3. The summed E-state index contributed by atoms with van der Waals surface area (Å²) in [5, 5.41) is 9.83. The molecule has 0 bridgehead atoms. The van der Waals surface area contributed by atoms with Crippen molar-refractivity contribution < 1.29 is 52.2 Å². The minimum absolute atomic E-state index is 0.0767. The summed E-state index contributed by atoms with van der Waals surface area (Å²) in [4.78, 5) is 48.6. The van der Waals surface area contributed by atoms with E-state index in [0.29, 0.717) is 25.7 Å². The average Bonchev–Trinajstić information content (AvgIpc) is 3.43. The van der Waals surface area contributed by atoms with Gasteiger partial charge in [0.25, 0.3) is 0 Å². The van der Waals surface area contributed by atoms with Gasteiger partial charge in [-0.05, 0) is 128 Å². The quantitative estimate of drug-likeness (QED) is 0.0197. The first-order valence-electron chi connectivity index (χ1n) is 29.7. The molecule has 0 aliphatic rings. The number of hydrogen-bond donors (Lipinski definition) is 2. The lowest BCUT2D eigenvalue weighted by molar-refractivity contribution is -0.161. The summed E-state index contributed by atoms with van der Waals surface area (Å²) in [6, 6.07) is 0. The number of aliphatic hydroxyl groups excluding tert-OH is 1. The van der Waals surface area contributed by atoms with E-state index in [1.807, 2.05) is 12.2 Å². The Labute approximate surface area is 473 Å². The SMILES string of the molecule is CC/C=C\C/C=C\C/C=C\C/C=C\C/C=C\CCCC(=O)OC(COC(=O)CCCCCCCCC/C=C\C/C=C\C/C=C\CC)COP(=O)(O)OCC(CO)OC(=O)CCCCCC/C=C\C/C=C\C/C=C\C/C=C\CC. The molecule has 78 heavy (non-hydrogen) atoms. The first-order valence-corrected chi connectivity index (χ1v) is 31.2. The predicted octanol–water partition coefficient (Wildman–Crippen LogP) is 17.9. The van der Waals surface area contributed by atoms with Gasteiger partial charge in [0.2, 0.25) is 0 Å². The predicted molar refractivity (Wildman–Crippen MR) is 325 cm³/mol. The molecule has 0 aromatic rings. The van der Waals surface area contributed by atoms with Crippen molar-refractivity contribution in [3.8, 4) is 0 Å². The summed E-state index contributed by atoms with van der Waals surface area (Å²) in [7, 11) is -4.79. The maximum Gasteiger partial charge on any atom is 0.472 e. The third-order valence-electron chi connectivity index (χ3n) is 11.7. The molecule has 0 heterocycles. The molecular weight excluding hydrogens is 1000 g/mol. The molecule has 0 aliphatic heterocycles. The smallest absolute Gasteiger partial charge is 0.462 e. The number of allylic oxidation sites excluding steroid dienone is 24. The van der Waals surface area contributed by atoms with Crippen molar-refractivity contribution in [3.05, 3.63) is 146 Å². The fourth-order valence-electron chi connectivity index (χ4n) is 7.34. The minimum Gasteiger partial charge on any atom is -0.462 e. The van der Waals surface area contributed by atoms with Gasteiger partial charge in [-0.2, -0.15) is 0 Å². The van der Waals surface area contributed by atoms with Crippen LogP contribution in [0.1, 0.15) is 213 Å². The lowest BCUT2D eigenvalue weighted by atomic mass is 10.1. The highest BCUT2D eigenvalue weighted by atomic mass is 31.2. The van der Waals surface area contributed by atoms with Crippen LogP contribution in [0.15, 0.2) is 146 Å². The largest absolute Gasteiger partial charge is 0.472 e. The van der Waals surface area contributed by atoms with Gasteiger partial charge in [0.05, 0.1) is 19.8 Å². The molecule has 0 fully saturated rings. The molecule has 0 aromatic carbocycles. The molecule has 0 rings (SSSR count). The highest BCUT2D eigenvalue weighted by Crippen LogP contribution is 2.43. The van der Waals surface area contributed by atoms with Crippen molar-refractivity contribution >= 4 is 25.7 Å². The number of rotatable bonds is 53. The number of carbonyl (C=O) groups excluding carboxylic acids is 3. The Kier molecular flexibility index (Phi) is 55.0. The number of phosphoric ester groups is 1. The van der Waals surface area contributed by atoms with Gasteiger partial charge in [0, 0.05) is 19.3 Å². The third kappa shape index (κ3) is 56.1. The molecular formula is C66H105O11P. The Hall–Kier alpha value is -4.64. The van der Waals surface area contributed by atoms with Gasteiger partial charge in [0.15, 0.2) is 6.10 Å².